The van der Waals surface area contributed by atoms with Gasteiger partial charge in [0.05, 0.1) is 5.92 Å². The molecule has 2 N–H and O–H groups in total. The zero-order chi connectivity index (χ0) is 17.8. The fraction of sp³-hybridized carbons (Fsp3) is 0.529. The number of anilines is 1. The number of likely N-dealkylation sites (tertiary alicyclic amines) is 1. The molecule has 1 saturated carbocycles. The molecule has 1 aliphatic heterocycles. The fourth-order valence-corrected chi connectivity index (χ4v) is 2.86. The number of nitrogens with one attached hydrogen (secondary N) is 2. The molecule has 0 radical (unpaired) electrons. The first kappa shape index (κ1) is 17.4. The van der Waals surface area contributed by atoms with Crippen LogP contribution in [0.25, 0.3) is 0 Å². The number of nitrogens with zero attached hydrogens (tertiary/aromatic N) is 1. The Labute approximate surface area is 144 Å². The summed E-state index contributed by atoms with van der Waals surface area (Å²) in [6.07, 6.45) is 3.47. The van der Waals surface area contributed by atoms with Gasteiger partial charge in [-0.1, -0.05) is 6.07 Å². The van der Waals surface area contributed by atoms with E-state index in [4.69, 9.17) is 0 Å². The first-order valence-corrected chi connectivity index (χ1v) is 8.42. The highest BCUT2D eigenvalue weighted by molar-refractivity contribution is 5.93. The molecule has 1 atom stereocenters. The molecule has 0 aromatic heterocycles. The van der Waals surface area contributed by atoms with Crippen LogP contribution in [-0.4, -0.2) is 42.6 Å². The fourth-order valence-electron chi connectivity index (χ4n) is 2.86. The molecule has 3 rings (SSSR count). The number of ether oxygens (including phenoxy) is 1. The molecule has 6 nitrogen and oxygen atoms in total. The molecule has 1 aromatic rings. The maximum Gasteiger partial charge on any atom is 0.387 e. The Morgan fingerprint density at radius 1 is 1.24 bits per heavy atom. The standard InChI is InChI=1S/C17H21F2N3O3/c18-16(19)25-14-5-1-4-13(9-14)20-15(23)11-3-2-8-22(10-11)17(24)21-12-6-7-12/h1,4-5,9,11-12,16H,2-3,6-8,10H2,(H,20,23)(H,21,24). The van der Waals surface area contributed by atoms with Gasteiger partial charge in [-0.2, -0.15) is 8.78 Å². The summed E-state index contributed by atoms with van der Waals surface area (Å²) in [7, 11) is 0. The highest BCUT2D eigenvalue weighted by Gasteiger charge is 2.31. The average Bonchev–Trinajstić information content (AvgIpc) is 3.38. The Bertz CT molecular complexity index is 637. The van der Waals surface area contributed by atoms with Crippen molar-refractivity contribution in [1.82, 2.24) is 10.2 Å². The Balaban J connectivity index is 1.55. The topological polar surface area (TPSA) is 70.7 Å². The van der Waals surface area contributed by atoms with Crippen LogP contribution in [0.4, 0.5) is 19.3 Å². The lowest BCUT2D eigenvalue weighted by Gasteiger charge is -2.32. The Hall–Kier alpha value is -2.38. The Morgan fingerprint density at radius 3 is 2.76 bits per heavy atom. The van der Waals surface area contributed by atoms with Gasteiger partial charge in [0.15, 0.2) is 0 Å². The molecule has 8 heteroatoms. The number of carbonyl (C=O) groups excluding carboxylic acids is 2. The van der Waals surface area contributed by atoms with Crippen LogP contribution in [0.1, 0.15) is 25.7 Å². The summed E-state index contributed by atoms with van der Waals surface area (Å²) < 4.78 is 28.9. The average molecular weight is 353 g/mol. The van der Waals surface area contributed by atoms with Crippen molar-refractivity contribution >= 4 is 17.6 Å². The van der Waals surface area contributed by atoms with Crippen LogP contribution >= 0.6 is 0 Å². The third kappa shape index (κ3) is 5.04. The molecule has 136 valence electrons. The summed E-state index contributed by atoms with van der Waals surface area (Å²) in [5, 5.41) is 5.64. The van der Waals surface area contributed by atoms with E-state index >= 15 is 0 Å². The van der Waals surface area contributed by atoms with Gasteiger partial charge in [-0.15, -0.1) is 0 Å². The van der Waals surface area contributed by atoms with Crippen LogP contribution in [0.2, 0.25) is 0 Å². The molecular weight excluding hydrogens is 332 g/mol. The Kier molecular flexibility index (Phi) is 5.35. The molecule has 1 heterocycles. The predicted octanol–water partition coefficient (Wildman–Crippen LogP) is 2.81. The lowest BCUT2D eigenvalue weighted by atomic mass is 9.97. The van der Waals surface area contributed by atoms with Gasteiger partial charge >= 0.3 is 12.6 Å². The smallest absolute Gasteiger partial charge is 0.387 e. The summed E-state index contributed by atoms with van der Waals surface area (Å²) in [6.45, 7) is -1.92. The van der Waals surface area contributed by atoms with E-state index < -0.39 is 6.61 Å². The minimum absolute atomic E-state index is 0.0121. The second-order valence-corrected chi connectivity index (χ2v) is 6.40. The lowest BCUT2D eigenvalue weighted by Crippen LogP contribution is -2.48. The van der Waals surface area contributed by atoms with Gasteiger partial charge in [0.1, 0.15) is 5.75 Å². The first-order valence-electron chi connectivity index (χ1n) is 8.42. The van der Waals surface area contributed by atoms with Crippen LogP contribution in [0, 0.1) is 5.92 Å². The minimum atomic E-state index is -2.91. The zero-order valence-electron chi connectivity index (χ0n) is 13.7. The summed E-state index contributed by atoms with van der Waals surface area (Å²) in [4.78, 5) is 26.2. The van der Waals surface area contributed by atoms with Crippen LogP contribution < -0.4 is 15.4 Å². The molecular formula is C17H21F2N3O3. The predicted molar refractivity (Wildman–Crippen MR) is 87.6 cm³/mol. The Morgan fingerprint density at radius 2 is 2.04 bits per heavy atom. The summed E-state index contributed by atoms with van der Waals surface area (Å²) in [5.41, 5.74) is 0.391. The number of alkyl halides is 2. The van der Waals surface area contributed by atoms with Gasteiger partial charge in [0.2, 0.25) is 5.91 Å². The van der Waals surface area contributed by atoms with Crippen LogP contribution in [0.15, 0.2) is 24.3 Å². The van der Waals surface area contributed by atoms with Crippen molar-refractivity contribution in [2.24, 2.45) is 5.92 Å². The van der Waals surface area contributed by atoms with Crippen molar-refractivity contribution < 1.29 is 23.1 Å². The third-order valence-electron chi connectivity index (χ3n) is 4.31. The SMILES string of the molecule is O=C(Nc1cccc(OC(F)F)c1)C1CCCN(C(=O)NC2CC2)C1. The molecule has 3 amide bonds. The van der Waals surface area contributed by atoms with Gasteiger partial charge in [0, 0.05) is 30.9 Å². The van der Waals surface area contributed by atoms with Gasteiger partial charge < -0.3 is 20.3 Å². The van der Waals surface area contributed by atoms with Crippen molar-refractivity contribution in [3.63, 3.8) is 0 Å². The number of halogens is 2. The molecule has 1 aromatic carbocycles. The maximum atomic E-state index is 12.4. The van der Waals surface area contributed by atoms with E-state index in [-0.39, 0.29) is 29.6 Å². The molecule has 0 bridgehead atoms. The van der Waals surface area contributed by atoms with Crippen molar-refractivity contribution in [3.8, 4) is 5.75 Å². The zero-order valence-corrected chi connectivity index (χ0v) is 13.7. The van der Waals surface area contributed by atoms with Crippen molar-refractivity contribution in [3.05, 3.63) is 24.3 Å². The van der Waals surface area contributed by atoms with E-state index in [2.05, 4.69) is 15.4 Å². The quantitative estimate of drug-likeness (QED) is 0.855. The molecule has 2 aliphatic rings. The van der Waals surface area contributed by atoms with Crippen molar-refractivity contribution in [2.75, 3.05) is 18.4 Å². The molecule has 25 heavy (non-hydrogen) atoms. The van der Waals surface area contributed by atoms with E-state index in [9.17, 15) is 18.4 Å². The molecule has 1 unspecified atom stereocenters. The van der Waals surface area contributed by atoms with E-state index in [1.54, 1.807) is 11.0 Å². The summed E-state index contributed by atoms with van der Waals surface area (Å²) >= 11 is 0. The first-order chi connectivity index (χ1) is 12.0. The monoisotopic (exact) mass is 353 g/mol. The molecule has 0 spiro atoms. The van der Waals surface area contributed by atoms with Gasteiger partial charge in [0.25, 0.3) is 0 Å². The van der Waals surface area contributed by atoms with Gasteiger partial charge in [-0.05, 0) is 37.8 Å². The number of rotatable bonds is 5. The number of benzene rings is 1. The third-order valence-corrected chi connectivity index (χ3v) is 4.31. The normalized spacial score (nSPS) is 20.3. The highest BCUT2D eigenvalue weighted by atomic mass is 19.3. The largest absolute Gasteiger partial charge is 0.435 e. The number of carbonyl (C=O) groups is 2. The number of piperidine rings is 1. The van der Waals surface area contributed by atoms with Gasteiger partial charge in [-0.3, -0.25) is 4.79 Å². The molecule has 1 aliphatic carbocycles. The number of hydrogen-bond donors (Lipinski definition) is 2. The number of hydrogen-bond acceptors (Lipinski definition) is 3. The second-order valence-electron chi connectivity index (χ2n) is 6.40. The van der Waals surface area contributed by atoms with Gasteiger partial charge in [-0.25, -0.2) is 4.79 Å². The molecule has 1 saturated heterocycles. The molecule has 2 fully saturated rings. The van der Waals surface area contributed by atoms with E-state index in [1.165, 1.54) is 18.2 Å². The van der Waals surface area contributed by atoms with Crippen LogP contribution in [0.3, 0.4) is 0 Å². The van der Waals surface area contributed by atoms with Crippen LogP contribution in [-0.2, 0) is 4.79 Å². The summed E-state index contributed by atoms with van der Waals surface area (Å²) in [5.74, 6) is -0.557. The minimum Gasteiger partial charge on any atom is -0.435 e. The van der Waals surface area contributed by atoms with Crippen molar-refractivity contribution in [1.29, 1.82) is 0 Å². The van der Waals surface area contributed by atoms with Crippen LogP contribution in [0.5, 0.6) is 5.75 Å². The summed E-state index contributed by atoms with van der Waals surface area (Å²) in [6, 6.07) is 6.04. The lowest BCUT2D eigenvalue weighted by molar-refractivity contribution is -0.121. The van der Waals surface area contributed by atoms with Crippen molar-refractivity contribution in [2.45, 2.75) is 38.3 Å². The number of amides is 3. The second kappa shape index (κ2) is 7.67. The van der Waals surface area contributed by atoms with E-state index in [0.29, 0.717) is 25.2 Å². The van der Waals surface area contributed by atoms with E-state index in [1.807, 2.05) is 0 Å². The number of urea groups is 1. The highest BCUT2D eigenvalue weighted by Crippen LogP contribution is 2.23. The van der Waals surface area contributed by atoms with E-state index in [0.717, 1.165) is 19.3 Å². The maximum absolute atomic E-state index is 12.4.